The van der Waals surface area contributed by atoms with Crippen LogP contribution < -0.4 is 10.6 Å². The Labute approximate surface area is 284 Å². The fourth-order valence-electron chi connectivity index (χ4n) is 8.73. The van der Waals surface area contributed by atoms with Crippen LogP contribution in [0.2, 0.25) is 6.82 Å². The zero-order valence-corrected chi connectivity index (χ0v) is 30.0. The molecule has 3 fully saturated rings. The second kappa shape index (κ2) is 12.9. The van der Waals surface area contributed by atoms with Gasteiger partial charge in [0, 0.05) is 49.2 Å². The number of piperidine rings is 3. The van der Waals surface area contributed by atoms with E-state index in [4.69, 9.17) is 14.2 Å². The highest BCUT2D eigenvalue weighted by Gasteiger charge is 2.47. The van der Waals surface area contributed by atoms with Crippen LogP contribution in [0, 0.1) is 20.8 Å². The zero-order valence-electron chi connectivity index (χ0n) is 30.0. The molecule has 9 heterocycles. The number of ether oxygens (including phenoxy) is 3. The molecule has 0 radical (unpaired) electrons. The third kappa shape index (κ3) is 5.67. The molecular formula is C34H54BN9O4. The molecule has 3 aromatic rings. The standard InChI is InChI=1S/C12H20BN3O2.2C11H17N3O/c1-9-10-8-18-12(11(10)14-15(9)3)4-6-16(7-5-12)13(2)17;1-8-9-7-15-11(3-5-12-6-4-11)10(9)13-14(8)2;1-8-9-7-15-11(3-5-12-6-4-11)10(9)14(2)13-8/h17H,4-8H2,1-3H3;2*12H,3-7H2,1-2H3. The summed E-state index contributed by atoms with van der Waals surface area (Å²) in [5, 5.41) is 30.2. The Bertz CT molecular complexity index is 1630. The Morgan fingerprint density at radius 3 is 1.56 bits per heavy atom. The highest BCUT2D eigenvalue weighted by atomic mass is 16.5. The van der Waals surface area contributed by atoms with Gasteiger partial charge in [-0.25, -0.2) is 0 Å². The molecule has 3 spiro atoms. The molecule has 0 amide bonds. The molecule has 3 N–H and O–H groups in total. The van der Waals surface area contributed by atoms with Gasteiger partial charge >= 0.3 is 7.05 Å². The largest absolute Gasteiger partial charge is 0.437 e. The maximum absolute atomic E-state index is 9.62. The highest BCUT2D eigenvalue weighted by Crippen LogP contribution is 2.46. The van der Waals surface area contributed by atoms with Crippen molar-refractivity contribution < 1.29 is 19.2 Å². The fourth-order valence-corrected chi connectivity index (χ4v) is 8.73. The number of nitrogens with one attached hydrogen (secondary N) is 2. The molecule has 0 unspecified atom stereocenters. The molecule has 3 saturated heterocycles. The molecule has 3 aromatic heterocycles. The van der Waals surface area contributed by atoms with E-state index in [1.165, 1.54) is 39.5 Å². The number of aromatic nitrogens is 6. The number of hydrogen-bond donors (Lipinski definition) is 3. The Hall–Kier alpha value is -2.59. The lowest BCUT2D eigenvalue weighted by Gasteiger charge is -2.38. The van der Waals surface area contributed by atoms with Crippen LogP contribution in [0.15, 0.2) is 0 Å². The summed E-state index contributed by atoms with van der Waals surface area (Å²) in [6.07, 6.45) is 6.08. The van der Waals surface area contributed by atoms with Crippen molar-refractivity contribution in [1.29, 1.82) is 0 Å². The van der Waals surface area contributed by atoms with Gasteiger partial charge in [0.05, 0.1) is 31.2 Å². The third-order valence-corrected chi connectivity index (χ3v) is 12.0. The zero-order chi connectivity index (χ0) is 33.8. The van der Waals surface area contributed by atoms with Crippen LogP contribution in [-0.2, 0) is 72.0 Å². The van der Waals surface area contributed by atoms with E-state index in [1.54, 1.807) is 0 Å². The van der Waals surface area contributed by atoms with Crippen molar-refractivity contribution in [1.82, 2.24) is 44.8 Å². The average Bonchev–Trinajstić information content (AvgIpc) is 3.90. The van der Waals surface area contributed by atoms with Crippen molar-refractivity contribution in [2.75, 3.05) is 39.3 Å². The van der Waals surface area contributed by atoms with Crippen molar-refractivity contribution in [3.05, 3.63) is 50.9 Å². The first-order valence-corrected chi connectivity index (χ1v) is 17.8. The van der Waals surface area contributed by atoms with E-state index in [0.717, 1.165) is 102 Å². The molecule has 0 atom stereocenters. The summed E-state index contributed by atoms with van der Waals surface area (Å²) in [6.45, 7) is 16.2. The van der Waals surface area contributed by atoms with E-state index in [2.05, 4.69) is 51.5 Å². The minimum Gasteiger partial charge on any atom is -0.437 e. The Kier molecular flexibility index (Phi) is 9.14. The molecule has 0 bridgehead atoms. The monoisotopic (exact) mass is 663 g/mol. The van der Waals surface area contributed by atoms with Gasteiger partial charge in [0.1, 0.15) is 28.2 Å². The second-order valence-electron chi connectivity index (χ2n) is 14.6. The van der Waals surface area contributed by atoms with Crippen LogP contribution in [0.3, 0.4) is 0 Å². The molecule has 9 rings (SSSR count). The average molecular weight is 664 g/mol. The molecule has 262 valence electrons. The van der Waals surface area contributed by atoms with E-state index in [0.29, 0.717) is 6.61 Å². The predicted octanol–water partition coefficient (Wildman–Crippen LogP) is 2.33. The van der Waals surface area contributed by atoms with E-state index < -0.39 is 0 Å². The number of fused-ring (bicyclic) bond motifs is 6. The topological polar surface area (TPSA) is 129 Å². The quantitative estimate of drug-likeness (QED) is 0.334. The maximum atomic E-state index is 9.62. The molecule has 13 nitrogen and oxygen atoms in total. The molecular weight excluding hydrogens is 609 g/mol. The lowest BCUT2D eigenvalue weighted by molar-refractivity contribution is -0.0742. The molecule has 14 heteroatoms. The molecule has 0 aromatic carbocycles. The SMILES string of the molecule is CB(O)N1CCC2(CC1)OCc1c2nn(C)c1C.Cc1c2c(nn1C)C1(CCNCC1)OC2.Cc1nn(C)c2c1COC21CCNCC1. The summed E-state index contributed by atoms with van der Waals surface area (Å²) < 4.78 is 24.1. The van der Waals surface area contributed by atoms with Crippen LogP contribution in [0.5, 0.6) is 0 Å². The summed E-state index contributed by atoms with van der Waals surface area (Å²) >= 11 is 0. The van der Waals surface area contributed by atoms with Gasteiger partial charge in [-0.1, -0.05) is 0 Å². The second-order valence-corrected chi connectivity index (χ2v) is 14.6. The van der Waals surface area contributed by atoms with Gasteiger partial charge in [-0.15, -0.1) is 0 Å². The smallest absolute Gasteiger partial charge is 0.376 e. The summed E-state index contributed by atoms with van der Waals surface area (Å²) in [5.74, 6) is 0. The maximum Gasteiger partial charge on any atom is 0.376 e. The van der Waals surface area contributed by atoms with Crippen molar-refractivity contribution in [2.45, 2.75) is 103 Å². The third-order valence-electron chi connectivity index (χ3n) is 12.0. The molecule has 48 heavy (non-hydrogen) atoms. The van der Waals surface area contributed by atoms with Crippen LogP contribution in [0.1, 0.15) is 89.4 Å². The first-order chi connectivity index (χ1) is 23.0. The first kappa shape index (κ1) is 33.9. The Balaban J connectivity index is 0.000000115. The Morgan fingerprint density at radius 2 is 1.06 bits per heavy atom. The van der Waals surface area contributed by atoms with Gasteiger partial charge in [-0.3, -0.25) is 14.0 Å². The van der Waals surface area contributed by atoms with Gasteiger partial charge in [0.25, 0.3) is 0 Å². The van der Waals surface area contributed by atoms with Gasteiger partial charge in [-0.2, -0.15) is 15.3 Å². The van der Waals surface area contributed by atoms with Crippen LogP contribution in [0.25, 0.3) is 0 Å². The Morgan fingerprint density at radius 1 is 0.625 bits per heavy atom. The lowest BCUT2D eigenvalue weighted by atomic mass is 9.78. The summed E-state index contributed by atoms with van der Waals surface area (Å²) in [4.78, 5) is 2.09. The molecule has 6 aliphatic rings. The van der Waals surface area contributed by atoms with Crippen molar-refractivity contribution in [3.63, 3.8) is 0 Å². The van der Waals surface area contributed by atoms with E-state index in [1.807, 2.05) is 42.0 Å². The van der Waals surface area contributed by atoms with Crippen molar-refractivity contribution >= 4 is 7.05 Å². The fraction of sp³-hybridized carbons (Fsp3) is 0.735. The number of rotatable bonds is 1. The normalized spacial score (nSPS) is 23.0. The minimum atomic E-state index is -0.367. The number of aryl methyl sites for hydroxylation is 4. The van der Waals surface area contributed by atoms with Gasteiger partial charge in [-0.05, 0) is 105 Å². The van der Waals surface area contributed by atoms with Crippen LogP contribution >= 0.6 is 0 Å². The van der Waals surface area contributed by atoms with E-state index in [-0.39, 0.29) is 23.9 Å². The van der Waals surface area contributed by atoms with E-state index >= 15 is 0 Å². The molecule has 0 aliphatic carbocycles. The first-order valence-electron chi connectivity index (χ1n) is 17.8. The van der Waals surface area contributed by atoms with Gasteiger partial charge in [0.2, 0.25) is 0 Å². The predicted molar refractivity (Wildman–Crippen MR) is 182 cm³/mol. The number of nitrogens with zero attached hydrogens (tertiary/aromatic N) is 7. The summed E-state index contributed by atoms with van der Waals surface area (Å²) in [6, 6.07) is 0. The van der Waals surface area contributed by atoms with Crippen molar-refractivity contribution in [3.8, 4) is 0 Å². The van der Waals surface area contributed by atoms with Crippen LogP contribution in [-0.4, -0.2) is 85.5 Å². The lowest BCUT2D eigenvalue weighted by Crippen LogP contribution is -2.48. The van der Waals surface area contributed by atoms with Crippen LogP contribution in [0.4, 0.5) is 0 Å². The summed E-state index contributed by atoms with van der Waals surface area (Å²) in [7, 11) is 5.67. The van der Waals surface area contributed by atoms with Crippen molar-refractivity contribution in [2.24, 2.45) is 21.1 Å². The minimum absolute atomic E-state index is 0.0450. The number of hydrogen-bond acceptors (Lipinski definition) is 10. The molecule has 0 saturated carbocycles. The highest BCUT2D eigenvalue weighted by molar-refractivity contribution is 6.45. The summed E-state index contributed by atoms with van der Waals surface area (Å²) in [5.41, 5.74) is 10.8. The van der Waals surface area contributed by atoms with Gasteiger partial charge < -0.3 is 34.7 Å². The molecule has 6 aliphatic heterocycles. The van der Waals surface area contributed by atoms with E-state index in [9.17, 15) is 5.02 Å². The van der Waals surface area contributed by atoms with Gasteiger partial charge in [0.15, 0.2) is 0 Å².